The van der Waals surface area contributed by atoms with Crippen molar-refractivity contribution in [2.45, 2.75) is 27.2 Å². The van der Waals surface area contributed by atoms with Crippen LogP contribution in [0.2, 0.25) is 0 Å². The van der Waals surface area contributed by atoms with Crippen LogP contribution in [0.3, 0.4) is 0 Å². The number of benzene rings is 1. The smallest absolute Gasteiger partial charge is 0.251 e. The highest BCUT2D eigenvalue weighted by atomic mass is 16.1. The molecular formula is C12H19NO. The molecule has 0 spiro atoms. The third kappa shape index (κ3) is 2.13. The van der Waals surface area contributed by atoms with Gasteiger partial charge >= 0.3 is 0 Å². The molecule has 1 heterocycles. The molecule has 2 rings (SSSR count). The van der Waals surface area contributed by atoms with Crippen LogP contribution in [0.25, 0.3) is 0 Å². The van der Waals surface area contributed by atoms with Crippen molar-refractivity contribution >= 4 is 5.91 Å². The van der Waals surface area contributed by atoms with E-state index in [0.717, 1.165) is 24.1 Å². The Kier molecular flexibility index (Phi) is 3.69. The summed E-state index contributed by atoms with van der Waals surface area (Å²) in [6, 6.07) is 6.05. The van der Waals surface area contributed by atoms with Gasteiger partial charge in [0, 0.05) is 13.5 Å². The quantitative estimate of drug-likeness (QED) is 0.674. The molecule has 2 heteroatoms. The van der Waals surface area contributed by atoms with Crippen LogP contribution in [-0.4, -0.2) is 12.5 Å². The number of rotatable bonds is 0. The molecule has 0 radical (unpaired) electrons. The molecule has 0 aromatic heterocycles. The SMILES string of the molecule is CC.Cc1ccc2c(c1)C(=O)NCC2.[HH]. The molecule has 78 valence electrons. The van der Waals surface area contributed by atoms with Crippen LogP contribution in [0.5, 0.6) is 0 Å². The molecule has 1 aromatic rings. The molecule has 1 aliphatic heterocycles. The first-order valence-electron chi connectivity index (χ1n) is 5.15. The van der Waals surface area contributed by atoms with Crippen LogP contribution >= 0.6 is 0 Å². The molecular weight excluding hydrogens is 174 g/mol. The van der Waals surface area contributed by atoms with Crippen LogP contribution < -0.4 is 5.32 Å². The number of carbonyl (C=O) groups excluding carboxylic acids is 1. The molecule has 1 amide bonds. The van der Waals surface area contributed by atoms with Gasteiger partial charge < -0.3 is 5.32 Å². The summed E-state index contributed by atoms with van der Waals surface area (Å²) in [6.45, 7) is 6.77. The van der Waals surface area contributed by atoms with Crippen molar-refractivity contribution in [3.05, 3.63) is 34.9 Å². The molecule has 0 bridgehead atoms. The monoisotopic (exact) mass is 193 g/mol. The third-order valence-electron chi connectivity index (χ3n) is 2.19. The van der Waals surface area contributed by atoms with Crippen molar-refractivity contribution < 1.29 is 6.22 Å². The average Bonchev–Trinajstić information content (AvgIpc) is 2.22. The topological polar surface area (TPSA) is 29.1 Å². The Bertz CT molecular complexity index is 336. The zero-order chi connectivity index (χ0) is 10.6. The van der Waals surface area contributed by atoms with Crippen LogP contribution in [0, 0.1) is 6.92 Å². The first-order valence-corrected chi connectivity index (χ1v) is 5.15. The van der Waals surface area contributed by atoms with Gasteiger partial charge in [-0.25, -0.2) is 0 Å². The fourth-order valence-corrected chi connectivity index (χ4v) is 1.53. The molecule has 0 saturated heterocycles. The summed E-state index contributed by atoms with van der Waals surface area (Å²) in [7, 11) is 0. The van der Waals surface area contributed by atoms with E-state index in [1.165, 1.54) is 5.56 Å². The van der Waals surface area contributed by atoms with Crippen LogP contribution in [-0.2, 0) is 6.42 Å². The van der Waals surface area contributed by atoms with Crippen molar-refractivity contribution in [2.75, 3.05) is 6.54 Å². The second kappa shape index (κ2) is 4.80. The van der Waals surface area contributed by atoms with E-state index in [0.29, 0.717) is 0 Å². The lowest BCUT2D eigenvalue weighted by Gasteiger charge is -2.16. The Balaban J connectivity index is 0.000000617. The minimum atomic E-state index is 0. The van der Waals surface area contributed by atoms with Crippen molar-refractivity contribution in [1.82, 2.24) is 5.32 Å². The molecule has 1 aliphatic rings. The Morgan fingerprint density at radius 1 is 1.36 bits per heavy atom. The maximum atomic E-state index is 11.3. The fourth-order valence-electron chi connectivity index (χ4n) is 1.53. The van der Waals surface area contributed by atoms with E-state index >= 15 is 0 Å². The second-order valence-corrected chi connectivity index (χ2v) is 3.17. The van der Waals surface area contributed by atoms with Crippen molar-refractivity contribution in [3.8, 4) is 0 Å². The molecule has 0 fully saturated rings. The number of fused-ring (bicyclic) bond motifs is 1. The predicted molar refractivity (Wildman–Crippen MR) is 60.7 cm³/mol. The van der Waals surface area contributed by atoms with Gasteiger partial charge in [-0.2, -0.15) is 0 Å². The van der Waals surface area contributed by atoms with Gasteiger partial charge in [0.2, 0.25) is 0 Å². The van der Waals surface area contributed by atoms with E-state index < -0.39 is 0 Å². The van der Waals surface area contributed by atoms with Crippen molar-refractivity contribution in [2.24, 2.45) is 0 Å². The van der Waals surface area contributed by atoms with Crippen molar-refractivity contribution in [3.63, 3.8) is 0 Å². The highest BCUT2D eigenvalue weighted by Crippen LogP contribution is 2.14. The fraction of sp³-hybridized carbons (Fsp3) is 0.417. The van der Waals surface area contributed by atoms with Crippen LogP contribution in [0.1, 0.15) is 36.8 Å². The van der Waals surface area contributed by atoms with Gasteiger partial charge in [-0.05, 0) is 25.0 Å². The van der Waals surface area contributed by atoms with E-state index in [4.69, 9.17) is 0 Å². The van der Waals surface area contributed by atoms with E-state index in [1.807, 2.05) is 32.9 Å². The first kappa shape index (κ1) is 10.8. The van der Waals surface area contributed by atoms with Gasteiger partial charge in [0.25, 0.3) is 5.91 Å². The standard InChI is InChI=1S/C10H11NO.C2H6.H2/c1-7-2-3-8-4-5-11-10(12)9(8)6-7;1-2;/h2-3,6H,4-5H2,1H3,(H,11,12);1-2H3;1H. The van der Waals surface area contributed by atoms with Gasteiger partial charge in [-0.1, -0.05) is 31.5 Å². The molecule has 14 heavy (non-hydrogen) atoms. The maximum Gasteiger partial charge on any atom is 0.251 e. The lowest BCUT2D eigenvalue weighted by Crippen LogP contribution is -2.31. The van der Waals surface area contributed by atoms with Gasteiger partial charge in [-0.15, -0.1) is 0 Å². The summed E-state index contributed by atoms with van der Waals surface area (Å²) in [6.07, 6.45) is 0.960. The van der Waals surface area contributed by atoms with E-state index in [1.54, 1.807) is 0 Å². The molecule has 0 saturated carbocycles. The number of amides is 1. The molecule has 1 aromatic carbocycles. The van der Waals surface area contributed by atoms with Gasteiger partial charge in [0.15, 0.2) is 0 Å². The van der Waals surface area contributed by atoms with Crippen LogP contribution in [0.15, 0.2) is 18.2 Å². The zero-order valence-electron chi connectivity index (χ0n) is 9.05. The average molecular weight is 193 g/mol. The number of hydrogen-bond donors (Lipinski definition) is 1. The number of hydrogen-bond acceptors (Lipinski definition) is 1. The number of aryl methyl sites for hydroxylation is 1. The van der Waals surface area contributed by atoms with E-state index in [2.05, 4.69) is 11.4 Å². The van der Waals surface area contributed by atoms with E-state index in [-0.39, 0.29) is 7.33 Å². The summed E-state index contributed by atoms with van der Waals surface area (Å²) in [5.74, 6) is 0.0694. The lowest BCUT2D eigenvalue weighted by molar-refractivity contribution is 0.0946. The predicted octanol–water partition coefficient (Wildman–Crippen LogP) is 2.55. The minimum absolute atomic E-state index is 0. The van der Waals surface area contributed by atoms with Crippen molar-refractivity contribution in [1.29, 1.82) is 0 Å². The Hall–Kier alpha value is -1.31. The maximum absolute atomic E-state index is 11.3. The molecule has 0 unspecified atom stereocenters. The number of carbonyl (C=O) groups is 1. The highest BCUT2D eigenvalue weighted by molar-refractivity contribution is 5.96. The summed E-state index contributed by atoms with van der Waals surface area (Å²) >= 11 is 0. The molecule has 0 aliphatic carbocycles. The van der Waals surface area contributed by atoms with E-state index in [9.17, 15) is 4.79 Å². The normalized spacial score (nSPS) is 13.5. The summed E-state index contributed by atoms with van der Waals surface area (Å²) in [5.41, 5.74) is 3.16. The Labute approximate surface area is 86.8 Å². The molecule has 2 nitrogen and oxygen atoms in total. The summed E-state index contributed by atoms with van der Waals surface area (Å²) in [4.78, 5) is 11.3. The van der Waals surface area contributed by atoms with Crippen LogP contribution in [0.4, 0.5) is 0 Å². The Morgan fingerprint density at radius 3 is 2.79 bits per heavy atom. The number of nitrogens with one attached hydrogen (secondary N) is 1. The van der Waals surface area contributed by atoms with Gasteiger partial charge in [0.1, 0.15) is 0 Å². The molecule has 1 N–H and O–H groups in total. The molecule has 0 atom stereocenters. The summed E-state index contributed by atoms with van der Waals surface area (Å²) < 4.78 is 0. The minimum Gasteiger partial charge on any atom is -0.352 e. The first-order chi connectivity index (χ1) is 6.77. The third-order valence-corrected chi connectivity index (χ3v) is 2.19. The van der Waals surface area contributed by atoms with Gasteiger partial charge in [-0.3, -0.25) is 4.79 Å². The lowest BCUT2D eigenvalue weighted by atomic mass is 9.98. The largest absolute Gasteiger partial charge is 0.352 e. The zero-order valence-corrected chi connectivity index (χ0v) is 9.05. The second-order valence-electron chi connectivity index (χ2n) is 3.17. The highest BCUT2D eigenvalue weighted by Gasteiger charge is 2.15. The Morgan fingerprint density at radius 2 is 2.07 bits per heavy atom. The summed E-state index contributed by atoms with van der Waals surface area (Å²) in [5, 5.41) is 2.83. The van der Waals surface area contributed by atoms with Gasteiger partial charge in [0.05, 0.1) is 0 Å².